The highest BCUT2D eigenvalue weighted by atomic mass is 16.5. The number of hydrogen-bond donors (Lipinski definition) is 0. The van der Waals surface area contributed by atoms with E-state index >= 15 is 0 Å². The van der Waals surface area contributed by atoms with Gasteiger partial charge in [0.25, 0.3) is 0 Å². The number of nitrogens with zero attached hydrogens (tertiary/aromatic N) is 5. The quantitative estimate of drug-likeness (QED) is 0.644. The van der Waals surface area contributed by atoms with Crippen molar-refractivity contribution in [1.82, 2.24) is 14.6 Å². The molecule has 1 atom stereocenters. The Balaban J connectivity index is 1.29. The number of benzene rings is 1. The van der Waals surface area contributed by atoms with Gasteiger partial charge in [-0.1, -0.05) is 37.3 Å². The van der Waals surface area contributed by atoms with Gasteiger partial charge >= 0.3 is 0 Å². The highest BCUT2D eigenvalue weighted by Crippen LogP contribution is 2.63. The van der Waals surface area contributed by atoms with Crippen LogP contribution in [-0.4, -0.2) is 34.3 Å². The molecule has 2 aromatic heterocycles. The molecule has 158 valence electrons. The van der Waals surface area contributed by atoms with Gasteiger partial charge in [-0.3, -0.25) is 0 Å². The topological polar surface area (TPSA) is 66.5 Å². The van der Waals surface area contributed by atoms with Gasteiger partial charge < -0.3 is 9.64 Å². The van der Waals surface area contributed by atoms with Gasteiger partial charge in [-0.2, -0.15) is 5.26 Å². The number of pyridine rings is 1. The van der Waals surface area contributed by atoms with Gasteiger partial charge in [-0.05, 0) is 43.4 Å². The molecule has 3 aromatic rings. The number of nitriles is 1. The maximum atomic E-state index is 9.12. The largest absolute Gasteiger partial charge is 0.369 e. The molecule has 1 aliphatic carbocycles. The van der Waals surface area contributed by atoms with E-state index in [0.29, 0.717) is 13.0 Å². The minimum Gasteiger partial charge on any atom is -0.369 e. The molecule has 4 fully saturated rings. The van der Waals surface area contributed by atoms with Gasteiger partial charge in [0.1, 0.15) is 5.60 Å². The summed E-state index contributed by atoms with van der Waals surface area (Å²) in [7, 11) is 0. The van der Waals surface area contributed by atoms with Crippen molar-refractivity contribution in [3.05, 3.63) is 59.5 Å². The van der Waals surface area contributed by atoms with E-state index < -0.39 is 5.60 Å². The second-order valence-corrected chi connectivity index (χ2v) is 10.2. The first-order valence-electron chi connectivity index (χ1n) is 11.1. The van der Waals surface area contributed by atoms with Gasteiger partial charge in [0, 0.05) is 30.3 Å². The van der Waals surface area contributed by atoms with Gasteiger partial charge in [0.05, 0.1) is 24.6 Å². The molecule has 0 N–H and O–H groups in total. The van der Waals surface area contributed by atoms with E-state index in [1.165, 1.54) is 11.3 Å². The Morgan fingerprint density at radius 2 is 2.03 bits per heavy atom. The number of rotatable bonds is 4. The summed E-state index contributed by atoms with van der Waals surface area (Å²) in [6.07, 6.45) is 5.52. The molecule has 1 aromatic carbocycles. The van der Waals surface area contributed by atoms with Crippen molar-refractivity contribution in [2.75, 3.05) is 24.6 Å². The number of aromatic nitrogens is 3. The van der Waals surface area contributed by atoms with Crippen molar-refractivity contribution < 1.29 is 4.74 Å². The molecule has 7 rings (SSSR count). The molecule has 0 amide bonds. The van der Waals surface area contributed by atoms with Crippen molar-refractivity contribution in [1.29, 1.82) is 5.26 Å². The lowest BCUT2D eigenvalue weighted by molar-refractivity contribution is -0.0270. The zero-order chi connectivity index (χ0) is 21.3. The Kier molecular flexibility index (Phi) is 3.83. The van der Waals surface area contributed by atoms with Gasteiger partial charge in [0.2, 0.25) is 0 Å². The monoisotopic (exact) mass is 413 g/mol. The van der Waals surface area contributed by atoms with Crippen LogP contribution in [0.1, 0.15) is 49.6 Å². The molecule has 31 heavy (non-hydrogen) atoms. The molecule has 6 nitrogen and oxygen atoms in total. The predicted molar refractivity (Wildman–Crippen MR) is 118 cm³/mol. The number of ether oxygens (including phenoxy) is 1. The van der Waals surface area contributed by atoms with E-state index in [1.807, 2.05) is 4.52 Å². The standard InChI is InChI=1S/C25H27N5O/c1-18-12-20(29-11-9-23(2,16-29)19-6-4-3-5-7-19)13-30-21(18)27-22(28-30)25-14-24(15-25,8-10-26)17-31-25/h3-7,12-13H,8-9,11,14-17H2,1-2H3/t23-,24?,25?/m0/s1. The second-order valence-electron chi connectivity index (χ2n) is 10.2. The molecule has 0 unspecified atom stereocenters. The molecule has 3 saturated heterocycles. The minimum absolute atomic E-state index is 0.0177. The minimum atomic E-state index is -0.394. The van der Waals surface area contributed by atoms with Gasteiger partial charge in [0.15, 0.2) is 11.5 Å². The lowest BCUT2D eigenvalue weighted by Crippen LogP contribution is -2.42. The summed E-state index contributed by atoms with van der Waals surface area (Å²) in [5, 5.41) is 14.0. The highest BCUT2D eigenvalue weighted by Gasteiger charge is 2.65. The molecular weight excluding hydrogens is 386 g/mol. The Morgan fingerprint density at radius 3 is 2.81 bits per heavy atom. The van der Waals surface area contributed by atoms with Crippen molar-refractivity contribution in [2.24, 2.45) is 5.41 Å². The molecule has 3 aliphatic heterocycles. The van der Waals surface area contributed by atoms with Crippen LogP contribution in [0, 0.1) is 23.7 Å². The molecule has 0 radical (unpaired) electrons. The van der Waals surface area contributed by atoms with Crippen molar-refractivity contribution in [2.45, 2.75) is 50.5 Å². The zero-order valence-electron chi connectivity index (χ0n) is 18.1. The first-order chi connectivity index (χ1) is 14.9. The second kappa shape index (κ2) is 6.30. The lowest BCUT2D eigenvalue weighted by atomic mass is 9.61. The third-order valence-corrected chi connectivity index (χ3v) is 7.75. The molecule has 5 heterocycles. The maximum absolute atomic E-state index is 9.12. The van der Waals surface area contributed by atoms with E-state index in [4.69, 9.17) is 20.1 Å². The van der Waals surface area contributed by atoms with Crippen LogP contribution >= 0.6 is 0 Å². The summed E-state index contributed by atoms with van der Waals surface area (Å²) in [6, 6.07) is 15.4. The van der Waals surface area contributed by atoms with Crippen LogP contribution in [0.2, 0.25) is 0 Å². The maximum Gasteiger partial charge on any atom is 0.183 e. The van der Waals surface area contributed by atoms with Crippen LogP contribution in [0.15, 0.2) is 42.6 Å². The number of fused-ring (bicyclic) bond motifs is 2. The smallest absolute Gasteiger partial charge is 0.183 e. The fourth-order valence-electron chi connectivity index (χ4n) is 5.98. The summed E-state index contributed by atoms with van der Waals surface area (Å²) in [4.78, 5) is 7.33. The van der Waals surface area contributed by atoms with E-state index in [2.05, 4.69) is 67.4 Å². The van der Waals surface area contributed by atoms with Crippen LogP contribution in [-0.2, 0) is 15.8 Å². The Labute approximate surface area is 182 Å². The first-order valence-corrected chi connectivity index (χ1v) is 11.1. The van der Waals surface area contributed by atoms with Crippen molar-refractivity contribution >= 4 is 11.3 Å². The van der Waals surface area contributed by atoms with E-state index in [1.54, 1.807) is 0 Å². The SMILES string of the molecule is Cc1cc(N2CC[C@](C)(c3ccccc3)C2)cn2nc(C34CC(CC#N)(CO3)C4)nc12. The summed E-state index contributed by atoms with van der Waals surface area (Å²) in [6.45, 7) is 7.14. The first kappa shape index (κ1) is 18.8. The van der Waals surface area contributed by atoms with Crippen LogP contribution in [0.4, 0.5) is 5.69 Å². The van der Waals surface area contributed by atoms with Crippen LogP contribution in [0.5, 0.6) is 0 Å². The predicted octanol–water partition coefficient (Wildman–Crippen LogP) is 4.13. The number of anilines is 1. The van der Waals surface area contributed by atoms with Crippen molar-refractivity contribution in [3.63, 3.8) is 0 Å². The Bertz CT molecular complexity index is 1200. The summed E-state index contributed by atoms with van der Waals surface area (Å²) in [5.74, 6) is 0.773. The molecule has 4 aliphatic rings. The Morgan fingerprint density at radius 1 is 1.23 bits per heavy atom. The zero-order valence-corrected chi connectivity index (χ0v) is 18.1. The Hall–Kier alpha value is -2.91. The van der Waals surface area contributed by atoms with Gasteiger partial charge in [-0.25, -0.2) is 9.50 Å². The molecule has 2 bridgehead atoms. The third kappa shape index (κ3) is 2.73. The van der Waals surface area contributed by atoms with Crippen molar-refractivity contribution in [3.8, 4) is 6.07 Å². The van der Waals surface area contributed by atoms with Crippen LogP contribution in [0.25, 0.3) is 5.65 Å². The van der Waals surface area contributed by atoms with Gasteiger partial charge in [-0.15, -0.1) is 5.10 Å². The van der Waals surface area contributed by atoms with Crippen LogP contribution in [0.3, 0.4) is 0 Å². The fourth-order valence-corrected chi connectivity index (χ4v) is 5.98. The third-order valence-electron chi connectivity index (χ3n) is 7.75. The molecule has 6 heteroatoms. The summed E-state index contributed by atoms with van der Waals surface area (Å²) < 4.78 is 8.06. The summed E-state index contributed by atoms with van der Waals surface area (Å²) in [5.41, 5.74) is 4.40. The highest BCUT2D eigenvalue weighted by molar-refractivity contribution is 5.58. The summed E-state index contributed by atoms with van der Waals surface area (Å²) >= 11 is 0. The number of aryl methyl sites for hydroxylation is 1. The number of hydrogen-bond acceptors (Lipinski definition) is 5. The van der Waals surface area contributed by atoms with E-state index in [0.717, 1.165) is 49.4 Å². The average Bonchev–Trinajstić information content (AvgIpc) is 3.50. The van der Waals surface area contributed by atoms with Crippen LogP contribution < -0.4 is 4.90 Å². The van der Waals surface area contributed by atoms with E-state index in [9.17, 15) is 0 Å². The normalized spacial score (nSPS) is 31.7. The average molecular weight is 414 g/mol. The molecule has 0 spiro atoms. The molecular formula is C25H27N5O. The fraction of sp³-hybridized carbons (Fsp3) is 0.480. The van der Waals surface area contributed by atoms with E-state index in [-0.39, 0.29) is 10.8 Å². The molecule has 1 saturated carbocycles. The lowest BCUT2D eigenvalue weighted by Gasteiger charge is -2.41.